The molecule has 0 atom stereocenters. The molecule has 0 aromatic carbocycles. The Morgan fingerprint density at radius 3 is 2.33 bits per heavy atom. The van der Waals surface area contributed by atoms with Crippen LogP contribution in [0.15, 0.2) is 0 Å². The summed E-state index contributed by atoms with van der Waals surface area (Å²) in [6, 6.07) is 0. The van der Waals surface area contributed by atoms with E-state index in [0.717, 1.165) is 48.4 Å². The zero-order valence-corrected chi connectivity index (χ0v) is 11.7. The molecule has 0 bridgehead atoms. The van der Waals surface area contributed by atoms with Crippen LogP contribution >= 0.6 is 0 Å². The predicted molar refractivity (Wildman–Crippen MR) is 75.4 cm³/mol. The van der Waals surface area contributed by atoms with E-state index in [9.17, 15) is 0 Å². The molecule has 0 unspecified atom stereocenters. The van der Waals surface area contributed by atoms with E-state index >= 15 is 0 Å². The van der Waals surface area contributed by atoms with Gasteiger partial charge in [0.1, 0.15) is 5.84 Å². The van der Waals surface area contributed by atoms with Gasteiger partial charge in [-0.05, 0) is 24.8 Å². The van der Waals surface area contributed by atoms with E-state index in [-0.39, 0.29) is 5.84 Å². The molecule has 0 saturated heterocycles. The summed E-state index contributed by atoms with van der Waals surface area (Å²) in [5.41, 5.74) is 8.48. The summed E-state index contributed by atoms with van der Waals surface area (Å²) >= 11 is 0. The molecule has 3 N–H and O–H groups in total. The highest BCUT2D eigenvalue weighted by atomic mass is 15.2. The summed E-state index contributed by atoms with van der Waals surface area (Å²) in [5, 5.41) is 16.3. The standard InChI is InChI=1S/C13H23N5/c1-5-8-18(4)13-11(12(14)15)9(6-2)10(7-3)16-17-13/h5-8H2,1-4H3,(H3,14,15). The topological polar surface area (TPSA) is 78.9 Å². The second kappa shape index (κ2) is 6.33. The Bertz CT molecular complexity index is 428. The number of rotatable bonds is 6. The van der Waals surface area contributed by atoms with Crippen LogP contribution in [-0.4, -0.2) is 29.6 Å². The lowest BCUT2D eigenvalue weighted by molar-refractivity contribution is 0.797. The Kier molecular flexibility index (Phi) is 5.07. The van der Waals surface area contributed by atoms with Crippen molar-refractivity contribution in [3.63, 3.8) is 0 Å². The number of hydrogen-bond acceptors (Lipinski definition) is 4. The van der Waals surface area contributed by atoms with Gasteiger partial charge in [-0.15, -0.1) is 5.10 Å². The van der Waals surface area contributed by atoms with Crippen LogP contribution in [0.25, 0.3) is 0 Å². The van der Waals surface area contributed by atoms with Crippen LogP contribution in [0.2, 0.25) is 0 Å². The smallest absolute Gasteiger partial charge is 0.162 e. The first kappa shape index (κ1) is 14.4. The molecule has 1 rings (SSSR count). The summed E-state index contributed by atoms with van der Waals surface area (Å²) in [5.74, 6) is 0.799. The summed E-state index contributed by atoms with van der Waals surface area (Å²) < 4.78 is 0. The number of nitrogens with one attached hydrogen (secondary N) is 1. The van der Waals surface area contributed by atoms with E-state index in [1.165, 1.54) is 0 Å². The normalized spacial score (nSPS) is 10.4. The third-order valence-electron chi connectivity index (χ3n) is 3.02. The Hall–Kier alpha value is -1.65. The lowest BCUT2D eigenvalue weighted by atomic mass is 10.0. The van der Waals surface area contributed by atoms with E-state index in [4.69, 9.17) is 11.1 Å². The number of nitrogens with zero attached hydrogens (tertiary/aromatic N) is 3. The van der Waals surface area contributed by atoms with Crippen LogP contribution in [0.1, 0.15) is 44.0 Å². The number of nitrogens with two attached hydrogens (primary N) is 1. The minimum atomic E-state index is 0.0782. The van der Waals surface area contributed by atoms with Crippen LogP contribution in [-0.2, 0) is 12.8 Å². The number of anilines is 1. The molecule has 1 aromatic rings. The van der Waals surface area contributed by atoms with E-state index < -0.39 is 0 Å². The van der Waals surface area contributed by atoms with Crippen LogP contribution in [0, 0.1) is 5.41 Å². The van der Waals surface area contributed by atoms with Crippen molar-refractivity contribution in [2.75, 3.05) is 18.5 Å². The van der Waals surface area contributed by atoms with Crippen LogP contribution in [0.4, 0.5) is 5.82 Å². The van der Waals surface area contributed by atoms with E-state index in [1.807, 2.05) is 18.9 Å². The molecule has 1 heterocycles. The van der Waals surface area contributed by atoms with Gasteiger partial charge in [-0.3, -0.25) is 5.41 Å². The number of aromatic nitrogens is 2. The molecule has 1 aromatic heterocycles. The lowest BCUT2D eigenvalue weighted by Gasteiger charge is -2.22. The fourth-order valence-corrected chi connectivity index (χ4v) is 2.15. The first-order valence-electron chi connectivity index (χ1n) is 6.50. The first-order valence-corrected chi connectivity index (χ1v) is 6.50. The maximum Gasteiger partial charge on any atom is 0.162 e. The average Bonchev–Trinajstić information content (AvgIpc) is 2.36. The SMILES string of the molecule is CCCN(C)c1nnc(CC)c(CC)c1C(=N)N. The van der Waals surface area contributed by atoms with Gasteiger partial charge in [0.15, 0.2) is 5.82 Å². The Morgan fingerprint density at radius 1 is 1.22 bits per heavy atom. The van der Waals surface area contributed by atoms with Crippen molar-refractivity contribution in [1.82, 2.24) is 10.2 Å². The maximum atomic E-state index is 7.80. The molecule has 18 heavy (non-hydrogen) atoms. The number of hydrogen-bond donors (Lipinski definition) is 2. The van der Waals surface area contributed by atoms with Crippen molar-refractivity contribution in [3.05, 3.63) is 16.8 Å². The molecular formula is C13H23N5. The molecule has 0 fully saturated rings. The summed E-state index contributed by atoms with van der Waals surface area (Å²) in [6.07, 6.45) is 2.65. The van der Waals surface area contributed by atoms with Crippen molar-refractivity contribution in [2.24, 2.45) is 5.73 Å². The second-order valence-corrected chi connectivity index (χ2v) is 4.37. The quantitative estimate of drug-likeness (QED) is 0.594. The Labute approximate surface area is 109 Å². The van der Waals surface area contributed by atoms with E-state index in [0.29, 0.717) is 0 Å². The molecule has 100 valence electrons. The van der Waals surface area contributed by atoms with Gasteiger partial charge in [0.25, 0.3) is 0 Å². The largest absolute Gasteiger partial charge is 0.384 e. The van der Waals surface area contributed by atoms with Crippen LogP contribution in [0.5, 0.6) is 0 Å². The van der Waals surface area contributed by atoms with Gasteiger partial charge in [-0.2, -0.15) is 5.10 Å². The Balaban J connectivity index is 3.39. The fraction of sp³-hybridized carbons (Fsp3) is 0.615. The summed E-state index contributed by atoms with van der Waals surface area (Å²) in [7, 11) is 1.96. The van der Waals surface area contributed by atoms with E-state index in [2.05, 4.69) is 24.0 Å². The molecule has 0 aliphatic rings. The molecule has 0 radical (unpaired) electrons. The lowest BCUT2D eigenvalue weighted by Crippen LogP contribution is -2.27. The molecule has 0 saturated carbocycles. The van der Waals surface area contributed by atoms with Crippen molar-refractivity contribution in [1.29, 1.82) is 5.41 Å². The minimum absolute atomic E-state index is 0.0782. The van der Waals surface area contributed by atoms with Crippen LogP contribution < -0.4 is 10.6 Å². The van der Waals surface area contributed by atoms with Gasteiger partial charge in [0.05, 0.1) is 11.3 Å². The molecule has 5 nitrogen and oxygen atoms in total. The zero-order valence-electron chi connectivity index (χ0n) is 11.7. The van der Waals surface area contributed by atoms with E-state index in [1.54, 1.807) is 0 Å². The Morgan fingerprint density at radius 2 is 1.89 bits per heavy atom. The molecule has 5 heteroatoms. The number of nitrogen functional groups attached to an aromatic ring is 1. The monoisotopic (exact) mass is 249 g/mol. The van der Waals surface area contributed by atoms with Crippen molar-refractivity contribution < 1.29 is 0 Å². The molecule has 0 spiro atoms. The highest BCUT2D eigenvalue weighted by molar-refractivity contribution is 6.01. The second-order valence-electron chi connectivity index (χ2n) is 4.37. The summed E-state index contributed by atoms with van der Waals surface area (Å²) in [4.78, 5) is 2.02. The third-order valence-corrected chi connectivity index (χ3v) is 3.02. The van der Waals surface area contributed by atoms with Crippen molar-refractivity contribution in [2.45, 2.75) is 40.0 Å². The maximum absolute atomic E-state index is 7.80. The van der Waals surface area contributed by atoms with Gasteiger partial charge < -0.3 is 10.6 Å². The molecule has 0 aliphatic carbocycles. The minimum Gasteiger partial charge on any atom is -0.384 e. The fourth-order valence-electron chi connectivity index (χ4n) is 2.15. The van der Waals surface area contributed by atoms with Gasteiger partial charge in [-0.1, -0.05) is 20.8 Å². The van der Waals surface area contributed by atoms with Crippen LogP contribution in [0.3, 0.4) is 0 Å². The predicted octanol–water partition coefficient (Wildman–Crippen LogP) is 1.73. The first-order chi connectivity index (χ1) is 8.56. The third kappa shape index (κ3) is 2.78. The summed E-state index contributed by atoms with van der Waals surface area (Å²) in [6.45, 7) is 7.09. The molecule has 0 aliphatic heterocycles. The van der Waals surface area contributed by atoms with Gasteiger partial charge >= 0.3 is 0 Å². The van der Waals surface area contributed by atoms with Crippen molar-refractivity contribution in [3.8, 4) is 0 Å². The zero-order chi connectivity index (χ0) is 13.7. The van der Waals surface area contributed by atoms with Crippen molar-refractivity contribution >= 4 is 11.7 Å². The number of amidine groups is 1. The average molecular weight is 249 g/mol. The molecular weight excluding hydrogens is 226 g/mol. The highest BCUT2D eigenvalue weighted by Crippen LogP contribution is 2.22. The molecule has 0 amide bonds. The highest BCUT2D eigenvalue weighted by Gasteiger charge is 2.18. The van der Waals surface area contributed by atoms with Gasteiger partial charge in [-0.25, -0.2) is 0 Å². The van der Waals surface area contributed by atoms with Gasteiger partial charge in [0, 0.05) is 13.6 Å². The number of aryl methyl sites for hydroxylation is 1. The van der Waals surface area contributed by atoms with Gasteiger partial charge in [0.2, 0.25) is 0 Å².